The molecular formula is C13H21I2N3O3. The van der Waals surface area contributed by atoms with Crippen LogP contribution in [0.4, 0.5) is 0 Å². The summed E-state index contributed by atoms with van der Waals surface area (Å²) in [5.41, 5.74) is 6.36. The Morgan fingerprint density at radius 3 is 2.76 bits per heavy atom. The summed E-state index contributed by atoms with van der Waals surface area (Å²) in [5.74, 6) is 1.29. The monoisotopic (exact) mass is 521 g/mol. The first kappa shape index (κ1) is 15.3. The summed E-state index contributed by atoms with van der Waals surface area (Å²) in [4.78, 5) is 12.1. The minimum atomic E-state index is -1.25. The van der Waals surface area contributed by atoms with Gasteiger partial charge in [0.15, 0.2) is 0 Å². The number of fused-ring (bicyclic) bond motifs is 3. The Balaban J connectivity index is 1.22. The quantitative estimate of drug-likeness (QED) is 0.0718. The van der Waals surface area contributed by atoms with Gasteiger partial charge in [0.1, 0.15) is 0 Å². The van der Waals surface area contributed by atoms with Gasteiger partial charge in [-0.1, -0.05) is 0 Å². The number of alkyl halides is 2. The van der Waals surface area contributed by atoms with Crippen LogP contribution in [0.1, 0.15) is 32.6 Å². The van der Waals surface area contributed by atoms with Gasteiger partial charge >= 0.3 is 146 Å². The van der Waals surface area contributed by atoms with E-state index in [2.05, 4.69) is 14.0 Å². The van der Waals surface area contributed by atoms with E-state index in [-0.39, 0.29) is 15.9 Å². The number of rotatable bonds is 6. The molecule has 2 aliphatic heterocycles. The Morgan fingerprint density at radius 1 is 1.52 bits per heavy atom. The van der Waals surface area contributed by atoms with Crippen molar-refractivity contribution in [3.05, 3.63) is 0 Å². The topological polar surface area (TPSA) is 105 Å². The van der Waals surface area contributed by atoms with Crippen LogP contribution >= 0.6 is 43.0 Å². The minimum absolute atomic E-state index is 0.0120. The van der Waals surface area contributed by atoms with Gasteiger partial charge in [-0.2, -0.15) is 0 Å². The second kappa shape index (κ2) is 4.88. The number of nitrogens with two attached hydrogens (primary N) is 1. The first-order valence-corrected chi connectivity index (χ1v) is 11.7. The molecule has 4 fully saturated rings. The fourth-order valence-electron chi connectivity index (χ4n) is 4.01. The molecule has 0 radical (unpaired) electrons. The molecule has 21 heavy (non-hydrogen) atoms. The zero-order valence-corrected chi connectivity index (χ0v) is 16.3. The van der Waals surface area contributed by atoms with E-state index in [0.29, 0.717) is 6.61 Å². The summed E-state index contributed by atoms with van der Waals surface area (Å²) in [6.45, 7) is 3.00. The summed E-state index contributed by atoms with van der Waals surface area (Å²) in [6.07, 6.45) is 5.32. The average molecular weight is 521 g/mol. The van der Waals surface area contributed by atoms with Crippen LogP contribution in [0.3, 0.4) is 0 Å². The van der Waals surface area contributed by atoms with Crippen molar-refractivity contribution in [2.24, 2.45) is 23.0 Å². The van der Waals surface area contributed by atoms with E-state index in [9.17, 15) is 4.79 Å². The third-order valence-corrected chi connectivity index (χ3v) is 12.4. The average Bonchev–Trinajstić information content (AvgIpc) is 3.20. The summed E-state index contributed by atoms with van der Waals surface area (Å²) in [7, 11) is 0. The molecule has 2 bridgehead atoms. The van der Waals surface area contributed by atoms with E-state index in [1.807, 2.05) is 22.6 Å². The van der Waals surface area contributed by atoms with Crippen molar-refractivity contribution in [1.82, 2.24) is 7.06 Å². The van der Waals surface area contributed by atoms with Crippen molar-refractivity contribution in [3.8, 4) is 0 Å². The van der Waals surface area contributed by atoms with Gasteiger partial charge in [-0.15, -0.1) is 0 Å². The molecule has 4 aliphatic rings. The van der Waals surface area contributed by atoms with Crippen LogP contribution in [0.25, 0.3) is 0 Å². The first-order valence-electron chi connectivity index (χ1n) is 7.36. The third-order valence-electron chi connectivity index (χ3n) is 5.45. The maximum absolute atomic E-state index is 12.1. The SMILES string of the molecule is CC1(COCOC(=O)C(N)(I)C23NI2N3)CC2CCC1C2. The molecule has 0 aromatic carbocycles. The molecule has 4 rings (SSSR count). The molecule has 2 aliphatic carbocycles. The van der Waals surface area contributed by atoms with Crippen molar-refractivity contribution in [2.45, 2.75) is 39.8 Å². The summed E-state index contributed by atoms with van der Waals surface area (Å²) in [5, 5.41) is 0. The summed E-state index contributed by atoms with van der Waals surface area (Å²) in [6, 6.07) is 0. The zero-order chi connectivity index (χ0) is 14.9. The van der Waals surface area contributed by atoms with Gasteiger partial charge < -0.3 is 0 Å². The molecular weight excluding hydrogens is 500 g/mol. The van der Waals surface area contributed by atoms with Crippen LogP contribution in [-0.2, 0) is 14.3 Å². The van der Waals surface area contributed by atoms with Crippen LogP contribution in [0.2, 0.25) is 0 Å². The van der Waals surface area contributed by atoms with Crippen LogP contribution in [0.15, 0.2) is 0 Å². The molecule has 120 valence electrons. The van der Waals surface area contributed by atoms with E-state index in [4.69, 9.17) is 15.2 Å². The van der Waals surface area contributed by atoms with Gasteiger partial charge in [-0.25, -0.2) is 0 Å². The van der Waals surface area contributed by atoms with Crippen LogP contribution in [0, 0.1) is 17.3 Å². The van der Waals surface area contributed by atoms with Crippen LogP contribution < -0.4 is 12.8 Å². The van der Waals surface area contributed by atoms with Gasteiger partial charge in [0.2, 0.25) is 0 Å². The Bertz CT molecular complexity index is 483. The number of esters is 1. The number of hydrogen-bond acceptors (Lipinski definition) is 6. The maximum atomic E-state index is 12.1. The summed E-state index contributed by atoms with van der Waals surface area (Å²) >= 11 is 0.729. The van der Waals surface area contributed by atoms with E-state index in [1.165, 1.54) is 25.7 Å². The Morgan fingerprint density at radius 2 is 2.24 bits per heavy atom. The summed E-state index contributed by atoms with van der Waals surface area (Å²) < 4.78 is 16.1. The molecule has 4 atom stereocenters. The molecule has 4 unspecified atom stereocenters. The molecule has 4 N–H and O–H groups in total. The molecule has 2 heterocycles. The second-order valence-electron chi connectivity index (χ2n) is 6.97. The Hall–Kier alpha value is 0.770. The van der Waals surface area contributed by atoms with Crippen molar-refractivity contribution >= 4 is 48.9 Å². The number of carbonyl (C=O) groups is 1. The molecule has 8 heteroatoms. The van der Waals surface area contributed by atoms with Gasteiger partial charge in [0.05, 0.1) is 0 Å². The van der Waals surface area contributed by atoms with Gasteiger partial charge in [0.25, 0.3) is 0 Å². The van der Waals surface area contributed by atoms with E-state index < -0.39 is 29.9 Å². The van der Waals surface area contributed by atoms with E-state index in [0.717, 1.165) is 11.8 Å². The van der Waals surface area contributed by atoms with Crippen molar-refractivity contribution in [1.29, 1.82) is 0 Å². The Kier molecular flexibility index (Phi) is 3.56. The Labute approximate surface area is 145 Å². The predicted octanol–water partition coefficient (Wildman–Crippen LogP) is 1.62. The second-order valence-corrected chi connectivity index (χ2v) is 13.0. The molecule has 0 spiro atoms. The number of halogens is 2. The number of carbonyl (C=O) groups excluding carboxylic acids is 1. The molecule has 2 saturated carbocycles. The third kappa shape index (κ3) is 2.35. The molecule has 2 saturated heterocycles. The van der Waals surface area contributed by atoms with Gasteiger partial charge in [0, 0.05) is 0 Å². The van der Waals surface area contributed by atoms with E-state index in [1.54, 1.807) is 0 Å². The van der Waals surface area contributed by atoms with Crippen molar-refractivity contribution in [3.63, 3.8) is 0 Å². The number of hydrogen-bond donors (Lipinski definition) is 3. The first-order chi connectivity index (χ1) is 9.87. The van der Waals surface area contributed by atoms with Gasteiger partial charge in [-0.3, -0.25) is 0 Å². The number of ether oxygens (including phenoxy) is 2. The molecule has 0 aromatic rings. The van der Waals surface area contributed by atoms with Crippen LogP contribution in [-0.4, -0.2) is 26.6 Å². The van der Waals surface area contributed by atoms with Crippen molar-refractivity contribution < 1.29 is 14.3 Å². The normalized spacial score (nSPS) is 42.3. The predicted molar refractivity (Wildman–Crippen MR) is 94.4 cm³/mol. The van der Waals surface area contributed by atoms with Gasteiger partial charge in [-0.05, 0) is 0 Å². The standard InChI is InChI=1S/C13H21I2N3O3/c1-11(5-8-2-3-9(11)4-8)6-20-7-21-10(19)12(14,16)13-15(17-13)18-13/h8-9,17-18H,2-7,16H2,1H3. The fourth-order valence-corrected chi connectivity index (χ4v) is 11.3. The van der Waals surface area contributed by atoms with E-state index >= 15 is 0 Å². The zero-order valence-electron chi connectivity index (χ0n) is 12.0. The van der Waals surface area contributed by atoms with Crippen molar-refractivity contribution in [2.75, 3.05) is 13.4 Å². The number of nitrogens with one attached hydrogen (secondary N) is 2. The fraction of sp³-hybridized carbons (Fsp3) is 0.923. The molecule has 0 aromatic heterocycles. The molecule has 6 nitrogen and oxygen atoms in total. The van der Waals surface area contributed by atoms with Crippen LogP contribution in [0.5, 0.6) is 0 Å². The molecule has 0 amide bonds.